The second-order valence-electron chi connectivity index (χ2n) is 4.25. The molecular weight excluding hydrogens is 204 g/mol. The fraction of sp³-hybridized carbons (Fsp3) is 0.583. The van der Waals surface area contributed by atoms with Crippen LogP contribution in [0.4, 0.5) is 0 Å². The van der Waals surface area contributed by atoms with Crippen molar-refractivity contribution in [3.05, 3.63) is 24.0 Å². The maximum Gasteiger partial charge on any atom is 0.122 e. The molecule has 1 heterocycles. The van der Waals surface area contributed by atoms with E-state index in [0.717, 1.165) is 17.9 Å². The lowest BCUT2D eigenvalue weighted by atomic mass is 10.1. The van der Waals surface area contributed by atoms with Crippen LogP contribution in [0.25, 0.3) is 0 Å². The SMILES string of the molecule is COC(C)(C)CCOc1ccnc(CN)c1. The van der Waals surface area contributed by atoms with Gasteiger partial charge in [-0.15, -0.1) is 0 Å². The van der Waals surface area contributed by atoms with Crippen molar-refractivity contribution in [1.82, 2.24) is 4.98 Å². The summed E-state index contributed by atoms with van der Waals surface area (Å²) < 4.78 is 10.9. The fourth-order valence-corrected chi connectivity index (χ4v) is 1.17. The van der Waals surface area contributed by atoms with Crippen LogP contribution in [0.15, 0.2) is 18.3 Å². The van der Waals surface area contributed by atoms with Crippen LogP contribution in [0.2, 0.25) is 0 Å². The average Bonchev–Trinajstić information content (AvgIpc) is 2.29. The Morgan fingerprint density at radius 3 is 2.81 bits per heavy atom. The minimum Gasteiger partial charge on any atom is -0.493 e. The first-order valence-corrected chi connectivity index (χ1v) is 5.40. The molecule has 0 saturated carbocycles. The monoisotopic (exact) mass is 224 g/mol. The number of nitrogens with two attached hydrogens (primary N) is 1. The van der Waals surface area contributed by atoms with Crippen molar-refractivity contribution in [2.45, 2.75) is 32.4 Å². The van der Waals surface area contributed by atoms with E-state index in [0.29, 0.717) is 13.2 Å². The van der Waals surface area contributed by atoms with Crippen LogP contribution in [-0.2, 0) is 11.3 Å². The molecule has 0 saturated heterocycles. The normalized spacial score (nSPS) is 11.5. The molecule has 0 aromatic carbocycles. The van der Waals surface area contributed by atoms with Crippen LogP contribution in [0.5, 0.6) is 5.75 Å². The van der Waals surface area contributed by atoms with Crippen molar-refractivity contribution in [3.8, 4) is 5.75 Å². The number of hydrogen-bond acceptors (Lipinski definition) is 4. The highest BCUT2D eigenvalue weighted by Gasteiger charge is 2.15. The van der Waals surface area contributed by atoms with E-state index in [1.807, 2.05) is 26.0 Å². The minimum absolute atomic E-state index is 0.149. The highest BCUT2D eigenvalue weighted by atomic mass is 16.5. The van der Waals surface area contributed by atoms with Gasteiger partial charge < -0.3 is 15.2 Å². The summed E-state index contributed by atoms with van der Waals surface area (Å²) in [5, 5.41) is 0. The van der Waals surface area contributed by atoms with Gasteiger partial charge in [0.15, 0.2) is 0 Å². The van der Waals surface area contributed by atoms with Gasteiger partial charge in [-0.05, 0) is 19.9 Å². The summed E-state index contributed by atoms with van der Waals surface area (Å²) in [5.41, 5.74) is 6.19. The Bertz CT molecular complexity index is 327. The molecule has 0 aliphatic heterocycles. The first kappa shape index (κ1) is 12.9. The summed E-state index contributed by atoms with van der Waals surface area (Å²) >= 11 is 0. The van der Waals surface area contributed by atoms with Gasteiger partial charge in [0.05, 0.1) is 17.9 Å². The number of nitrogens with zero attached hydrogens (tertiary/aromatic N) is 1. The zero-order valence-corrected chi connectivity index (χ0v) is 10.2. The fourth-order valence-electron chi connectivity index (χ4n) is 1.17. The van der Waals surface area contributed by atoms with Gasteiger partial charge in [-0.3, -0.25) is 4.98 Å². The zero-order valence-electron chi connectivity index (χ0n) is 10.2. The maximum atomic E-state index is 5.61. The lowest BCUT2D eigenvalue weighted by molar-refractivity contribution is 0.00545. The molecule has 0 spiro atoms. The summed E-state index contributed by atoms with van der Waals surface area (Å²) in [6, 6.07) is 3.69. The van der Waals surface area contributed by atoms with Gasteiger partial charge in [-0.25, -0.2) is 0 Å². The zero-order chi connectivity index (χ0) is 12.0. The molecule has 1 aromatic rings. The van der Waals surface area contributed by atoms with Gasteiger partial charge in [0.25, 0.3) is 0 Å². The van der Waals surface area contributed by atoms with E-state index in [4.69, 9.17) is 15.2 Å². The van der Waals surface area contributed by atoms with Crippen LogP contribution < -0.4 is 10.5 Å². The maximum absolute atomic E-state index is 5.61. The smallest absolute Gasteiger partial charge is 0.122 e. The molecule has 4 heteroatoms. The van der Waals surface area contributed by atoms with Crippen molar-refractivity contribution in [3.63, 3.8) is 0 Å². The van der Waals surface area contributed by atoms with E-state index in [1.54, 1.807) is 13.3 Å². The summed E-state index contributed by atoms with van der Waals surface area (Å²) in [6.07, 6.45) is 2.54. The number of aromatic nitrogens is 1. The summed E-state index contributed by atoms with van der Waals surface area (Å²) in [4.78, 5) is 4.10. The average molecular weight is 224 g/mol. The third kappa shape index (κ3) is 4.16. The predicted molar refractivity (Wildman–Crippen MR) is 63.3 cm³/mol. The van der Waals surface area contributed by atoms with Gasteiger partial charge in [0.1, 0.15) is 5.75 Å². The van der Waals surface area contributed by atoms with Gasteiger partial charge in [0.2, 0.25) is 0 Å². The molecule has 4 nitrogen and oxygen atoms in total. The standard InChI is InChI=1S/C12H20N2O2/c1-12(2,15-3)5-7-16-11-4-6-14-10(8-11)9-13/h4,6,8H,5,7,9,13H2,1-3H3. The molecule has 2 N–H and O–H groups in total. The molecule has 16 heavy (non-hydrogen) atoms. The molecule has 0 atom stereocenters. The van der Waals surface area contributed by atoms with Crippen LogP contribution in [-0.4, -0.2) is 24.3 Å². The van der Waals surface area contributed by atoms with E-state index < -0.39 is 0 Å². The summed E-state index contributed by atoms with van der Waals surface area (Å²) in [6.45, 7) is 5.12. The van der Waals surface area contributed by atoms with Crippen LogP contribution >= 0.6 is 0 Å². The van der Waals surface area contributed by atoms with E-state index in [-0.39, 0.29) is 5.60 Å². The van der Waals surface area contributed by atoms with Gasteiger partial charge in [-0.2, -0.15) is 0 Å². The van der Waals surface area contributed by atoms with Crippen LogP contribution in [0.3, 0.4) is 0 Å². The third-order valence-corrected chi connectivity index (χ3v) is 2.52. The van der Waals surface area contributed by atoms with E-state index in [1.165, 1.54) is 0 Å². The van der Waals surface area contributed by atoms with Crippen molar-refractivity contribution in [2.24, 2.45) is 5.73 Å². The highest BCUT2D eigenvalue weighted by Crippen LogP contribution is 2.15. The first-order chi connectivity index (χ1) is 7.57. The number of methoxy groups -OCH3 is 1. The second-order valence-corrected chi connectivity index (χ2v) is 4.25. The lowest BCUT2D eigenvalue weighted by Crippen LogP contribution is -2.25. The molecule has 0 amide bonds. The third-order valence-electron chi connectivity index (χ3n) is 2.52. The number of rotatable bonds is 6. The Labute approximate surface area is 96.8 Å². The Morgan fingerprint density at radius 2 is 2.19 bits per heavy atom. The Morgan fingerprint density at radius 1 is 1.44 bits per heavy atom. The van der Waals surface area contributed by atoms with Crippen LogP contribution in [0.1, 0.15) is 26.0 Å². The molecule has 0 aliphatic rings. The Balaban J connectivity index is 2.42. The van der Waals surface area contributed by atoms with Crippen LogP contribution in [0, 0.1) is 0 Å². The van der Waals surface area contributed by atoms with Gasteiger partial charge in [0, 0.05) is 32.3 Å². The molecule has 1 rings (SSSR count). The molecule has 0 radical (unpaired) electrons. The molecule has 1 aromatic heterocycles. The minimum atomic E-state index is -0.149. The lowest BCUT2D eigenvalue weighted by Gasteiger charge is -2.22. The van der Waals surface area contributed by atoms with E-state index in [2.05, 4.69) is 4.98 Å². The molecule has 0 unspecified atom stereocenters. The van der Waals surface area contributed by atoms with Crippen molar-refractivity contribution < 1.29 is 9.47 Å². The number of pyridine rings is 1. The largest absolute Gasteiger partial charge is 0.493 e. The van der Waals surface area contributed by atoms with E-state index >= 15 is 0 Å². The topological polar surface area (TPSA) is 57.4 Å². The Kier molecular flexibility index (Phi) is 4.71. The highest BCUT2D eigenvalue weighted by molar-refractivity contribution is 5.22. The number of hydrogen-bond donors (Lipinski definition) is 1. The second kappa shape index (κ2) is 5.82. The molecule has 90 valence electrons. The first-order valence-electron chi connectivity index (χ1n) is 5.40. The molecule has 0 bridgehead atoms. The summed E-state index contributed by atoms with van der Waals surface area (Å²) in [7, 11) is 1.71. The Hall–Kier alpha value is -1.13. The van der Waals surface area contributed by atoms with Gasteiger partial charge >= 0.3 is 0 Å². The molecule has 0 aliphatic carbocycles. The predicted octanol–water partition coefficient (Wildman–Crippen LogP) is 1.73. The van der Waals surface area contributed by atoms with Crippen molar-refractivity contribution in [1.29, 1.82) is 0 Å². The quantitative estimate of drug-likeness (QED) is 0.799. The number of ether oxygens (including phenoxy) is 2. The van der Waals surface area contributed by atoms with Crippen molar-refractivity contribution >= 4 is 0 Å². The van der Waals surface area contributed by atoms with E-state index in [9.17, 15) is 0 Å². The summed E-state index contributed by atoms with van der Waals surface area (Å²) in [5.74, 6) is 0.808. The molecular formula is C12H20N2O2. The van der Waals surface area contributed by atoms with Crippen molar-refractivity contribution in [2.75, 3.05) is 13.7 Å². The molecule has 0 fully saturated rings. The van der Waals surface area contributed by atoms with Gasteiger partial charge in [-0.1, -0.05) is 0 Å².